The number of amides is 1. The minimum atomic E-state index is 0.107. The van der Waals surface area contributed by atoms with Crippen molar-refractivity contribution in [2.75, 3.05) is 13.1 Å². The quantitative estimate of drug-likeness (QED) is 0.597. The zero-order valence-corrected chi connectivity index (χ0v) is 11.7. The lowest BCUT2D eigenvalue weighted by molar-refractivity contribution is 0.0774. The lowest BCUT2D eigenvalue weighted by Gasteiger charge is -2.19. The van der Waals surface area contributed by atoms with Gasteiger partial charge in [-0.3, -0.25) is 4.79 Å². The first-order valence-electron chi connectivity index (χ1n) is 4.83. The molecule has 1 amide bonds. The zero-order chi connectivity index (χ0) is 11.3. The summed E-state index contributed by atoms with van der Waals surface area (Å²) in [6, 6.07) is 1.93. The Balaban J connectivity index is 2.75. The van der Waals surface area contributed by atoms with Gasteiger partial charge in [0.25, 0.3) is 5.91 Å². The van der Waals surface area contributed by atoms with Crippen LogP contribution in [0.1, 0.15) is 23.7 Å². The third kappa shape index (κ3) is 3.61. The van der Waals surface area contributed by atoms with Crippen molar-refractivity contribution in [1.82, 2.24) is 4.90 Å². The maximum absolute atomic E-state index is 12.0. The molecule has 1 rings (SSSR count). The van der Waals surface area contributed by atoms with Gasteiger partial charge in [-0.05, 0) is 35.1 Å². The van der Waals surface area contributed by atoms with Gasteiger partial charge in [-0.1, -0.05) is 13.0 Å². The maximum atomic E-state index is 12.0. The third-order valence-electron chi connectivity index (χ3n) is 1.94. The van der Waals surface area contributed by atoms with Crippen LogP contribution >= 0.6 is 33.9 Å². The number of hydrogen-bond acceptors (Lipinski definition) is 2. The van der Waals surface area contributed by atoms with Crippen molar-refractivity contribution < 1.29 is 4.79 Å². The average Bonchev–Trinajstić information content (AvgIpc) is 2.63. The standard InChI is InChI=1S/C11H14INOS/c1-3-5-13(6-4-2)11(14)9-7-10(12)15-8-9/h3,7-8H,1,4-6H2,2H3. The van der Waals surface area contributed by atoms with E-state index in [2.05, 4.69) is 36.1 Å². The zero-order valence-electron chi connectivity index (χ0n) is 8.70. The molecule has 2 nitrogen and oxygen atoms in total. The second kappa shape index (κ2) is 6.27. The lowest BCUT2D eigenvalue weighted by atomic mass is 10.2. The SMILES string of the molecule is C=CCN(CCC)C(=O)c1csc(I)c1. The molecule has 0 spiro atoms. The summed E-state index contributed by atoms with van der Waals surface area (Å²) in [6.45, 7) is 7.15. The molecule has 4 heteroatoms. The first-order chi connectivity index (χ1) is 7.19. The highest BCUT2D eigenvalue weighted by atomic mass is 127. The number of carbonyl (C=O) groups is 1. The molecule has 0 aliphatic carbocycles. The van der Waals surface area contributed by atoms with E-state index in [0.29, 0.717) is 6.54 Å². The van der Waals surface area contributed by atoms with E-state index >= 15 is 0 Å². The molecule has 0 saturated heterocycles. The van der Waals surface area contributed by atoms with Crippen LogP contribution < -0.4 is 0 Å². The summed E-state index contributed by atoms with van der Waals surface area (Å²) >= 11 is 3.83. The van der Waals surface area contributed by atoms with Crippen molar-refractivity contribution in [2.24, 2.45) is 0 Å². The highest BCUT2D eigenvalue weighted by Crippen LogP contribution is 2.18. The van der Waals surface area contributed by atoms with Crippen LogP contribution in [0.3, 0.4) is 0 Å². The molecule has 15 heavy (non-hydrogen) atoms. The molecule has 0 aliphatic rings. The van der Waals surface area contributed by atoms with Gasteiger partial charge in [0.05, 0.1) is 8.45 Å². The van der Waals surface area contributed by atoms with E-state index in [-0.39, 0.29) is 5.91 Å². The van der Waals surface area contributed by atoms with E-state index < -0.39 is 0 Å². The second-order valence-electron chi connectivity index (χ2n) is 3.18. The van der Waals surface area contributed by atoms with E-state index in [1.807, 2.05) is 16.3 Å². The first-order valence-corrected chi connectivity index (χ1v) is 6.79. The van der Waals surface area contributed by atoms with Crippen LogP contribution in [-0.4, -0.2) is 23.9 Å². The maximum Gasteiger partial charge on any atom is 0.255 e. The smallest absolute Gasteiger partial charge is 0.255 e. The van der Waals surface area contributed by atoms with Crippen LogP contribution in [0.2, 0.25) is 0 Å². The summed E-state index contributed by atoms with van der Waals surface area (Å²) in [4.78, 5) is 13.8. The number of nitrogens with zero attached hydrogens (tertiary/aromatic N) is 1. The van der Waals surface area contributed by atoms with Gasteiger partial charge in [-0.2, -0.15) is 0 Å². The molecule has 0 aromatic carbocycles. The molecule has 1 aromatic rings. The number of carbonyl (C=O) groups excluding carboxylic acids is 1. The Morgan fingerprint density at radius 3 is 2.93 bits per heavy atom. The summed E-state index contributed by atoms with van der Waals surface area (Å²) in [5.74, 6) is 0.107. The second-order valence-corrected chi connectivity index (χ2v) is 5.98. The summed E-state index contributed by atoms with van der Waals surface area (Å²) in [7, 11) is 0. The fraction of sp³-hybridized carbons (Fsp3) is 0.364. The highest BCUT2D eigenvalue weighted by molar-refractivity contribution is 14.1. The van der Waals surface area contributed by atoms with Crippen LogP contribution in [0.4, 0.5) is 0 Å². The largest absolute Gasteiger partial charge is 0.335 e. The van der Waals surface area contributed by atoms with E-state index in [0.717, 1.165) is 21.4 Å². The number of thiophene rings is 1. The number of hydrogen-bond donors (Lipinski definition) is 0. The Morgan fingerprint density at radius 2 is 2.47 bits per heavy atom. The van der Waals surface area contributed by atoms with Crippen LogP contribution in [-0.2, 0) is 0 Å². The van der Waals surface area contributed by atoms with Gasteiger partial charge in [0.15, 0.2) is 0 Å². The summed E-state index contributed by atoms with van der Waals surface area (Å²) < 4.78 is 1.14. The summed E-state index contributed by atoms with van der Waals surface area (Å²) in [5, 5.41) is 1.91. The van der Waals surface area contributed by atoms with E-state index in [1.54, 1.807) is 17.4 Å². The Morgan fingerprint density at radius 1 is 1.73 bits per heavy atom. The van der Waals surface area contributed by atoms with Crippen molar-refractivity contribution in [3.63, 3.8) is 0 Å². The van der Waals surface area contributed by atoms with Gasteiger partial charge in [0, 0.05) is 18.5 Å². The summed E-state index contributed by atoms with van der Waals surface area (Å²) in [5.41, 5.74) is 0.791. The fourth-order valence-electron chi connectivity index (χ4n) is 1.31. The van der Waals surface area contributed by atoms with Crippen LogP contribution in [0, 0.1) is 2.88 Å². The lowest BCUT2D eigenvalue weighted by Crippen LogP contribution is -2.31. The molecule has 0 N–H and O–H groups in total. The normalized spacial score (nSPS) is 10.0. The first kappa shape index (κ1) is 12.7. The molecule has 1 heterocycles. The molecular formula is C11H14INOS. The van der Waals surface area contributed by atoms with Crippen LogP contribution in [0.15, 0.2) is 24.1 Å². The predicted molar refractivity (Wildman–Crippen MR) is 73.4 cm³/mol. The van der Waals surface area contributed by atoms with E-state index in [9.17, 15) is 4.79 Å². The molecule has 0 radical (unpaired) electrons. The molecule has 1 aromatic heterocycles. The average molecular weight is 335 g/mol. The topological polar surface area (TPSA) is 20.3 Å². The van der Waals surface area contributed by atoms with Crippen molar-refractivity contribution in [3.05, 3.63) is 32.5 Å². The van der Waals surface area contributed by atoms with Gasteiger partial charge >= 0.3 is 0 Å². The van der Waals surface area contributed by atoms with Crippen LogP contribution in [0.5, 0.6) is 0 Å². The van der Waals surface area contributed by atoms with Gasteiger partial charge in [0.1, 0.15) is 0 Å². The molecule has 0 aliphatic heterocycles. The highest BCUT2D eigenvalue weighted by Gasteiger charge is 2.14. The van der Waals surface area contributed by atoms with E-state index in [1.165, 1.54) is 0 Å². The Hall–Kier alpha value is -0.360. The molecule has 0 fully saturated rings. The Labute approximate surface area is 108 Å². The third-order valence-corrected chi connectivity index (χ3v) is 3.73. The van der Waals surface area contributed by atoms with Crippen molar-refractivity contribution in [3.8, 4) is 0 Å². The monoisotopic (exact) mass is 335 g/mol. The van der Waals surface area contributed by atoms with Crippen molar-refractivity contribution in [2.45, 2.75) is 13.3 Å². The predicted octanol–water partition coefficient (Wildman–Crippen LogP) is 3.39. The van der Waals surface area contributed by atoms with Gasteiger partial charge in [0.2, 0.25) is 0 Å². The molecule has 0 bridgehead atoms. The Bertz CT molecular complexity index is 348. The number of rotatable bonds is 5. The summed E-state index contributed by atoms with van der Waals surface area (Å²) in [6.07, 6.45) is 2.74. The molecule has 0 atom stereocenters. The van der Waals surface area contributed by atoms with E-state index in [4.69, 9.17) is 0 Å². The van der Waals surface area contributed by atoms with Crippen molar-refractivity contribution >= 4 is 39.8 Å². The molecule has 82 valence electrons. The van der Waals surface area contributed by atoms with Crippen LogP contribution in [0.25, 0.3) is 0 Å². The van der Waals surface area contributed by atoms with Gasteiger partial charge < -0.3 is 4.90 Å². The van der Waals surface area contributed by atoms with Gasteiger partial charge in [-0.25, -0.2) is 0 Å². The molecule has 0 unspecified atom stereocenters. The molecule has 0 saturated carbocycles. The Kier molecular flexibility index (Phi) is 5.31. The minimum Gasteiger partial charge on any atom is -0.335 e. The number of halogens is 1. The molecular weight excluding hydrogens is 321 g/mol. The fourth-order valence-corrected chi connectivity index (χ4v) is 2.63. The van der Waals surface area contributed by atoms with Crippen molar-refractivity contribution in [1.29, 1.82) is 0 Å². The minimum absolute atomic E-state index is 0.107. The van der Waals surface area contributed by atoms with Gasteiger partial charge in [-0.15, -0.1) is 17.9 Å².